The Kier molecular flexibility index (Phi) is 50.8. The minimum Gasteiger partial charge on any atom is -0.462 e. The molecule has 5 atom stereocenters. The van der Waals surface area contributed by atoms with Crippen molar-refractivity contribution in [2.24, 2.45) is 5.92 Å². The molecule has 77 heavy (non-hydrogen) atoms. The van der Waals surface area contributed by atoms with E-state index in [1.54, 1.807) is 0 Å². The molecule has 456 valence electrons. The zero-order valence-corrected chi connectivity index (χ0v) is 50.9. The number of esters is 4. The van der Waals surface area contributed by atoms with Crippen molar-refractivity contribution in [2.45, 2.75) is 303 Å². The molecule has 0 aliphatic rings. The maximum Gasteiger partial charge on any atom is 0.472 e. The van der Waals surface area contributed by atoms with Crippen LogP contribution in [0.4, 0.5) is 0 Å². The van der Waals surface area contributed by atoms with Gasteiger partial charge in [0.1, 0.15) is 19.3 Å². The average molecular weight is 1140 g/mol. The number of aliphatic hydroxyl groups excluding tert-OH is 1. The van der Waals surface area contributed by atoms with Gasteiger partial charge in [-0.2, -0.15) is 0 Å². The van der Waals surface area contributed by atoms with Crippen LogP contribution >= 0.6 is 15.6 Å². The Hall–Kier alpha value is -1.94. The molecule has 0 spiro atoms. The summed E-state index contributed by atoms with van der Waals surface area (Å²) in [6.45, 7) is 7.03. The largest absolute Gasteiger partial charge is 0.472 e. The number of ether oxygens (including phenoxy) is 4. The number of hydrogen-bond acceptors (Lipinski definition) is 15. The fraction of sp³-hybridized carbons (Fsp3) is 0.931. The molecule has 0 rings (SSSR count). The van der Waals surface area contributed by atoms with E-state index in [1.165, 1.54) is 96.3 Å². The van der Waals surface area contributed by atoms with E-state index in [2.05, 4.69) is 34.6 Å². The molecule has 0 aromatic carbocycles. The number of hydrogen-bond donors (Lipinski definition) is 3. The third-order valence-corrected chi connectivity index (χ3v) is 15.2. The van der Waals surface area contributed by atoms with Gasteiger partial charge in [-0.15, -0.1) is 0 Å². The maximum absolute atomic E-state index is 12.9. The molecule has 0 aliphatic heterocycles. The van der Waals surface area contributed by atoms with E-state index in [0.29, 0.717) is 25.7 Å². The van der Waals surface area contributed by atoms with E-state index >= 15 is 0 Å². The number of phosphoric acid groups is 2. The Bertz CT molecular complexity index is 1520. The first-order valence-electron chi connectivity index (χ1n) is 30.6. The Morgan fingerprint density at radius 1 is 0.351 bits per heavy atom. The standard InChI is InChI=1S/C58H112O17P2/c1-6-9-12-15-17-23-28-32-37-42-56(61)69-48-54(75-58(63)44-39-34-29-25-22-20-19-21-24-26-31-35-40-51(4)5)50-73-77(66,67)71-46-52(59)45-70-76(64,65)72-49-53(47-68-55(60)41-36-30-14-11-8-3)74-57(62)43-38-33-27-18-16-13-10-7-2/h51-54,59H,6-50H2,1-5H3,(H,64,65)(H,66,67)/t52-,53+,54+/m0/s1. The molecular weight excluding hydrogens is 1030 g/mol. The van der Waals surface area contributed by atoms with Crippen LogP contribution in [-0.4, -0.2) is 96.7 Å². The lowest BCUT2D eigenvalue weighted by Gasteiger charge is -2.21. The van der Waals surface area contributed by atoms with Gasteiger partial charge in [-0.05, 0) is 31.6 Å². The number of rotatable bonds is 58. The Labute approximate surface area is 467 Å². The van der Waals surface area contributed by atoms with Crippen molar-refractivity contribution in [2.75, 3.05) is 39.6 Å². The second kappa shape index (κ2) is 52.2. The lowest BCUT2D eigenvalue weighted by Crippen LogP contribution is -2.30. The van der Waals surface area contributed by atoms with Gasteiger partial charge in [0.15, 0.2) is 12.2 Å². The Balaban J connectivity index is 5.15. The lowest BCUT2D eigenvalue weighted by molar-refractivity contribution is -0.161. The smallest absolute Gasteiger partial charge is 0.462 e. The summed E-state index contributed by atoms with van der Waals surface area (Å²) in [5.41, 5.74) is 0. The van der Waals surface area contributed by atoms with Crippen LogP contribution in [0.5, 0.6) is 0 Å². The maximum atomic E-state index is 12.9. The van der Waals surface area contributed by atoms with Crippen LogP contribution in [0.1, 0.15) is 285 Å². The van der Waals surface area contributed by atoms with Crippen molar-refractivity contribution in [3.8, 4) is 0 Å². The van der Waals surface area contributed by atoms with Gasteiger partial charge >= 0.3 is 39.5 Å². The van der Waals surface area contributed by atoms with Crippen molar-refractivity contribution in [3.05, 3.63) is 0 Å². The van der Waals surface area contributed by atoms with E-state index in [0.717, 1.165) is 109 Å². The summed E-state index contributed by atoms with van der Waals surface area (Å²) < 4.78 is 67.5. The molecule has 0 saturated carbocycles. The van der Waals surface area contributed by atoms with Crippen molar-refractivity contribution in [3.63, 3.8) is 0 Å². The summed E-state index contributed by atoms with van der Waals surface area (Å²) in [6.07, 6.45) is 33.9. The zero-order valence-electron chi connectivity index (χ0n) is 49.1. The molecule has 0 radical (unpaired) electrons. The first-order chi connectivity index (χ1) is 37.0. The predicted molar refractivity (Wildman–Crippen MR) is 303 cm³/mol. The van der Waals surface area contributed by atoms with Crippen LogP contribution in [0.2, 0.25) is 0 Å². The average Bonchev–Trinajstić information content (AvgIpc) is 3.39. The summed E-state index contributed by atoms with van der Waals surface area (Å²) in [6, 6.07) is 0. The third kappa shape index (κ3) is 53.2. The summed E-state index contributed by atoms with van der Waals surface area (Å²) in [5, 5.41) is 10.5. The molecule has 3 N–H and O–H groups in total. The van der Waals surface area contributed by atoms with Crippen molar-refractivity contribution in [1.82, 2.24) is 0 Å². The number of unbranched alkanes of at least 4 members (excludes halogenated alkanes) is 30. The van der Waals surface area contributed by atoms with Crippen LogP contribution < -0.4 is 0 Å². The van der Waals surface area contributed by atoms with Gasteiger partial charge in [0.2, 0.25) is 0 Å². The molecule has 0 bridgehead atoms. The van der Waals surface area contributed by atoms with Crippen LogP contribution in [0.25, 0.3) is 0 Å². The first kappa shape index (κ1) is 75.1. The lowest BCUT2D eigenvalue weighted by atomic mass is 10.0. The minimum absolute atomic E-state index is 0.104. The van der Waals surface area contributed by atoms with E-state index < -0.39 is 97.5 Å². The molecule has 19 heteroatoms. The predicted octanol–water partition coefficient (Wildman–Crippen LogP) is 15.5. The SMILES string of the molecule is CCCCCCCCCCCC(=O)OC[C@H](COP(=O)(O)OC[C@@H](O)COP(=O)(O)OC[C@@H](COC(=O)CCCCCCC)OC(=O)CCCCCCCCCC)OC(=O)CCCCCCCCCCCCCCC(C)C. The third-order valence-electron chi connectivity index (χ3n) is 13.3. The van der Waals surface area contributed by atoms with Gasteiger partial charge in [-0.1, -0.05) is 234 Å². The number of phosphoric ester groups is 2. The zero-order chi connectivity index (χ0) is 57.1. The first-order valence-corrected chi connectivity index (χ1v) is 33.6. The van der Waals surface area contributed by atoms with E-state index in [4.69, 9.17) is 37.0 Å². The molecule has 0 fully saturated rings. The van der Waals surface area contributed by atoms with Gasteiger partial charge in [0.05, 0.1) is 26.4 Å². The van der Waals surface area contributed by atoms with E-state index in [9.17, 15) is 43.2 Å². The highest BCUT2D eigenvalue weighted by molar-refractivity contribution is 7.47. The van der Waals surface area contributed by atoms with Crippen LogP contribution in [0.3, 0.4) is 0 Å². The van der Waals surface area contributed by atoms with Crippen molar-refractivity contribution in [1.29, 1.82) is 0 Å². The molecule has 0 saturated heterocycles. The molecule has 2 unspecified atom stereocenters. The number of carbonyl (C=O) groups is 4. The summed E-state index contributed by atoms with van der Waals surface area (Å²) in [4.78, 5) is 71.6. The molecule has 0 aromatic rings. The van der Waals surface area contributed by atoms with Crippen molar-refractivity contribution < 1.29 is 80.2 Å². The fourth-order valence-electron chi connectivity index (χ4n) is 8.52. The van der Waals surface area contributed by atoms with Gasteiger partial charge in [0.25, 0.3) is 0 Å². The Morgan fingerprint density at radius 3 is 0.883 bits per heavy atom. The summed E-state index contributed by atoms with van der Waals surface area (Å²) in [5.74, 6) is -1.38. The molecular formula is C58H112O17P2. The highest BCUT2D eigenvalue weighted by Gasteiger charge is 2.30. The quantitative estimate of drug-likeness (QED) is 0.0222. The van der Waals surface area contributed by atoms with Crippen LogP contribution in [-0.2, 0) is 65.4 Å². The van der Waals surface area contributed by atoms with E-state index in [-0.39, 0.29) is 25.7 Å². The number of aliphatic hydroxyl groups is 1. The molecule has 0 amide bonds. The summed E-state index contributed by atoms with van der Waals surface area (Å²) in [7, 11) is -9.86. The fourth-order valence-corrected chi connectivity index (χ4v) is 10.1. The highest BCUT2D eigenvalue weighted by Crippen LogP contribution is 2.45. The summed E-state index contributed by atoms with van der Waals surface area (Å²) >= 11 is 0. The van der Waals surface area contributed by atoms with Gasteiger partial charge in [-0.25, -0.2) is 9.13 Å². The Morgan fingerprint density at radius 2 is 0.597 bits per heavy atom. The van der Waals surface area contributed by atoms with Crippen molar-refractivity contribution >= 4 is 39.5 Å². The molecule has 0 heterocycles. The molecule has 17 nitrogen and oxygen atoms in total. The van der Waals surface area contributed by atoms with Gasteiger partial charge < -0.3 is 33.8 Å². The van der Waals surface area contributed by atoms with Crippen LogP contribution in [0, 0.1) is 5.92 Å². The number of carbonyl (C=O) groups excluding carboxylic acids is 4. The minimum atomic E-state index is -4.93. The highest BCUT2D eigenvalue weighted by atomic mass is 31.2. The normalized spacial score (nSPS) is 14.4. The van der Waals surface area contributed by atoms with E-state index in [1.807, 2.05) is 0 Å². The van der Waals surface area contributed by atoms with Crippen LogP contribution in [0.15, 0.2) is 0 Å². The topological polar surface area (TPSA) is 237 Å². The molecule has 0 aliphatic carbocycles. The molecule has 0 aromatic heterocycles. The van der Waals surface area contributed by atoms with Gasteiger partial charge in [-0.3, -0.25) is 37.3 Å². The second-order valence-electron chi connectivity index (χ2n) is 21.5. The second-order valence-corrected chi connectivity index (χ2v) is 24.4. The van der Waals surface area contributed by atoms with Gasteiger partial charge in [0, 0.05) is 25.7 Å². The monoisotopic (exact) mass is 1140 g/mol.